The van der Waals surface area contributed by atoms with Crippen molar-refractivity contribution in [3.05, 3.63) is 65.5 Å². The molecule has 1 saturated heterocycles. The van der Waals surface area contributed by atoms with Crippen LogP contribution < -0.4 is 10.1 Å². The molecule has 1 fully saturated rings. The Bertz CT molecular complexity index is 830. The van der Waals surface area contributed by atoms with E-state index >= 15 is 0 Å². The van der Waals surface area contributed by atoms with E-state index in [1.807, 2.05) is 31.2 Å². The molecule has 29 heavy (non-hydrogen) atoms. The van der Waals surface area contributed by atoms with Crippen molar-refractivity contribution < 1.29 is 18.7 Å². The number of hydrogen-bond acceptors (Lipinski definition) is 3. The summed E-state index contributed by atoms with van der Waals surface area (Å²) in [5.41, 5.74) is 1.06. The Balaban J connectivity index is 1.41. The van der Waals surface area contributed by atoms with Gasteiger partial charge in [0.05, 0.1) is 18.6 Å². The number of halogens is 1. The van der Waals surface area contributed by atoms with Crippen molar-refractivity contribution in [3.63, 3.8) is 0 Å². The number of hydrogen-bond donors (Lipinski definition) is 1. The van der Waals surface area contributed by atoms with Gasteiger partial charge in [-0.2, -0.15) is 0 Å². The SMILES string of the molecule is CCOc1ccc(CC(=O)NCC2CCN(C(=O)c3ccccc3F)CC2)cc1. The van der Waals surface area contributed by atoms with Crippen LogP contribution in [0.25, 0.3) is 0 Å². The van der Waals surface area contributed by atoms with Gasteiger partial charge >= 0.3 is 0 Å². The van der Waals surface area contributed by atoms with E-state index in [4.69, 9.17) is 4.74 Å². The third-order valence-corrected chi connectivity index (χ3v) is 5.19. The number of carbonyl (C=O) groups is 2. The van der Waals surface area contributed by atoms with Crippen molar-refractivity contribution in [2.45, 2.75) is 26.2 Å². The highest BCUT2D eigenvalue weighted by molar-refractivity contribution is 5.94. The number of nitrogens with zero attached hydrogens (tertiary/aromatic N) is 1. The smallest absolute Gasteiger partial charge is 0.256 e. The zero-order valence-corrected chi connectivity index (χ0v) is 16.7. The van der Waals surface area contributed by atoms with Crippen LogP contribution in [0, 0.1) is 11.7 Å². The summed E-state index contributed by atoms with van der Waals surface area (Å²) in [4.78, 5) is 26.4. The maximum atomic E-state index is 13.8. The molecule has 0 atom stereocenters. The molecule has 5 nitrogen and oxygen atoms in total. The number of nitrogens with one attached hydrogen (secondary N) is 1. The minimum atomic E-state index is -0.485. The van der Waals surface area contributed by atoms with Crippen molar-refractivity contribution in [3.8, 4) is 5.75 Å². The van der Waals surface area contributed by atoms with Crippen LogP contribution in [0.1, 0.15) is 35.7 Å². The van der Waals surface area contributed by atoms with Crippen LogP contribution in [0.15, 0.2) is 48.5 Å². The highest BCUT2D eigenvalue weighted by Crippen LogP contribution is 2.20. The maximum absolute atomic E-state index is 13.8. The number of rotatable bonds is 7. The number of piperidine rings is 1. The van der Waals surface area contributed by atoms with Gasteiger partial charge in [0.2, 0.25) is 5.91 Å². The van der Waals surface area contributed by atoms with Gasteiger partial charge in [0, 0.05) is 19.6 Å². The molecule has 0 radical (unpaired) electrons. The molecule has 1 aliphatic rings. The van der Waals surface area contributed by atoms with Gasteiger partial charge in [-0.25, -0.2) is 4.39 Å². The Hall–Kier alpha value is -2.89. The molecular weight excluding hydrogens is 371 g/mol. The number of ether oxygens (including phenoxy) is 1. The quantitative estimate of drug-likeness (QED) is 0.777. The first-order valence-electron chi connectivity index (χ1n) is 10.1. The van der Waals surface area contributed by atoms with Crippen molar-refractivity contribution in [2.75, 3.05) is 26.2 Å². The van der Waals surface area contributed by atoms with Crippen LogP contribution in [0.2, 0.25) is 0 Å². The fourth-order valence-electron chi connectivity index (χ4n) is 3.52. The molecule has 6 heteroatoms. The molecule has 0 aromatic heterocycles. The summed E-state index contributed by atoms with van der Waals surface area (Å²) in [6.45, 7) is 4.29. The highest BCUT2D eigenvalue weighted by Gasteiger charge is 2.25. The van der Waals surface area contributed by atoms with Crippen molar-refractivity contribution in [1.82, 2.24) is 10.2 Å². The van der Waals surface area contributed by atoms with Gasteiger partial charge in [0.1, 0.15) is 11.6 Å². The van der Waals surface area contributed by atoms with Gasteiger partial charge in [0.15, 0.2) is 0 Å². The number of likely N-dealkylation sites (tertiary alicyclic amines) is 1. The van der Waals surface area contributed by atoms with E-state index in [2.05, 4.69) is 5.32 Å². The Labute approximate surface area is 170 Å². The molecule has 2 amide bonds. The van der Waals surface area contributed by atoms with Crippen LogP contribution in [0.3, 0.4) is 0 Å². The average Bonchev–Trinajstić information content (AvgIpc) is 2.74. The normalized spacial score (nSPS) is 14.5. The summed E-state index contributed by atoms with van der Waals surface area (Å²) in [5, 5.41) is 2.99. The van der Waals surface area contributed by atoms with Crippen LogP contribution >= 0.6 is 0 Å². The summed E-state index contributed by atoms with van der Waals surface area (Å²) >= 11 is 0. The predicted molar refractivity (Wildman–Crippen MR) is 109 cm³/mol. The first-order chi connectivity index (χ1) is 14.1. The average molecular weight is 398 g/mol. The Morgan fingerprint density at radius 3 is 2.45 bits per heavy atom. The molecular formula is C23H27FN2O3. The monoisotopic (exact) mass is 398 g/mol. The van der Waals surface area contributed by atoms with Gasteiger partial charge in [-0.15, -0.1) is 0 Å². The number of benzene rings is 2. The first-order valence-corrected chi connectivity index (χ1v) is 10.1. The maximum Gasteiger partial charge on any atom is 0.256 e. The summed E-state index contributed by atoms with van der Waals surface area (Å²) in [5.74, 6) is 0.360. The summed E-state index contributed by atoms with van der Waals surface area (Å²) in [6.07, 6.45) is 1.92. The largest absolute Gasteiger partial charge is 0.494 e. The standard InChI is InChI=1S/C23H27FN2O3/c1-2-29-19-9-7-17(8-10-19)15-22(27)25-16-18-11-13-26(14-12-18)23(28)20-5-3-4-6-21(20)24/h3-10,18H,2,11-16H2,1H3,(H,25,27). The van der Waals surface area contributed by atoms with Gasteiger partial charge in [-0.3, -0.25) is 9.59 Å². The van der Waals surface area contributed by atoms with Crippen molar-refractivity contribution in [1.29, 1.82) is 0 Å². The second-order valence-electron chi connectivity index (χ2n) is 7.27. The lowest BCUT2D eigenvalue weighted by Gasteiger charge is -2.32. The minimum absolute atomic E-state index is 0.0148. The third kappa shape index (κ3) is 5.79. The Kier molecular flexibility index (Phi) is 7.22. The number of amides is 2. The predicted octanol–water partition coefficient (Wildman–Crippen LogP) is 3.44. The van der Waals surface area contributed by atoms with E-state index in [-0.39, 0.29) is 17.4 Å². The number of carbonyl (C=O) groups excluding carboxylic acids is 2. The van der Waals surface area contributed by atoms with E-state index in [0.29, 0.717) is 38.6 Å². The van der Waals surface area contributed by atoms with E-state index < -0.39 is 5.82 Å². The molecule has 2 aromatic rings. The molecule has 1 aliphatic heterocycles. The lowest BCUT2D eigenvalue weighted by atomic mass is 9.96. The van der Waals surface area contributed by atoms with Crippen LogP contribution in [0.5, 0.6) is 5.75 Å². The first kappa shape index (κ1) is 20.8. The Morgan fingerprint density at radius 1 is 1.10 bits per heavy atom. The lowest BCUT2D eigenvalue weighted by molar-refractivity contribution is -0.120. The summed E-state index contributed by atoms with van der Waals surface area (Å²) in [7, 11) is 0. The second kappa shape index (κ2) is 10.0. The van der Waals surface area contributed by atoms with E-state index in [9.17, 15) is 14.0 Å². The lowest BCUT2D eigenvalue weighted by Crippen LogP contribution is -2.42. The van der Waals surface area contributed by atoms with Crippen molar-refractivity contribution >= 4 is 11.8 Å². The summed E-state index contributed by atoms with van der Waals surface area (Å²) in [6, 6.07) is 13.6. The zero-order valence-electron chi connectivity index (χ0n) is 16.7. The molecule has 154 valence electrons. The molecule has 2 aromatic carbocycles. The van der Waals surface area contributed by atoms with Gasteiger partial charge in [-0.1, -0.05) is 24.3 Å². The van der Waals surface area contributed by atoms with E-state index in [1.54, 1.807) is 17.0 Å². The fraction of sp³-hybridized carbons (Fsp3) is 0.391. The van der Waals surface area contributed by atoms with Gasteiger partial charge in [0.25, 0.3) is 5.91 Å². The topological polar surface area (TPSA) is 58.6 Å². The third-order valence-electron chi connectivity index (χ3n) is 5.19. The molecule has 0 spiro atoms. The van der Waals surface area contributed by atoms with Crippen molar-refractivity contribution in [2.24, 2.45) is 5.92 Å². The Morgan fingerprint density at radius 2 is 1.79 bits per heavy atom. The second-order valence-corrected chi connectivity index (χ2v) is 7.27. The van der Waals surface area contributed by atoms with E-state index in [0.717, 1.165) is 24.2 Å². The molecule has 3 rings (SSSR count). The van der Waals surface area contributed by atoms with E-state index in [1.165, 1.54) is 12.1 Å². The molecule has 1 heterocycles. The van der Waals surface area contributed by atoms with Crippen LogP contribution in [0.4, 0.5) is 4.39 Å². The molecule has 0 saturated carbocycles. The highest BCUT2D eigenvalue weighted by atomic mass is 19.1. The van der Waals surface area contributed by atoms with Crippen LogP contribution in [-0.4, -0.2) is 43.0 Å². The molecule has 0 bridgehead atoms. The molecule has 0 aliphatic carbocycles. The fourth-order valence-corrected chi connectivity index (χ4v) is 3.52. The zero-order chi connectivity index (χ0) is 20.6. The van der Waals surface area contributed by atoms with Gasteiger partial charge in [-0.05, 0) is 55.5 Å². The molecule has 0 unspecified atom stereocenters. The van der Waals surface area contributed by atoms with Gasteiger partial charge < -0.3 is 15.0 Å². The summed E-state index contributed by atoms with van der Waals surface area (Å²) < 4.78 is 19.2. The molecule has 1 N–H and O–H groups in total. The van der Waals surface area contributed by atoms with Crippen LogP contribution in [-0.2, 0) is 11.2 Å². The minimum Gasteiger partial charge on any atom is -0.494 e.